The van der Waals surface area contributed by atoms with Gasteiger partial charge in [-0.25, -0.2) is 9.59 Å². The van der Waals surface area contributed by atoms with Gasteiger partial charge >= 0.3 is 12.2 Å². The minimum absolute atomic E-state index is 0.0810. The molecule has 2 saturated heterocycles. The van der Waals surface area contributed by atoms with Gasteiger partial charge in [-0.2, -0.15) is 0 Å². The van der Waals surface area contributed by atoms with E-state index in [0.29, 0.717) is 13.1 Å². The molecule has 2 aliphatic heterocycles. The molecule has 0 aromatic carbocycles. The normalized spacial score (nSPS) is 27.7. The average Bonchev–Trinajstić information content (AvgIpc) is 2.73. The molecule has 0 spiro atoms. The quantitative estimate of drug-likeness (QED) is 0.790. The topological polar surface area (TPSA) is 67.9 Å². The number of nitrogens with zero attached hydrogens (tertiary/aromatic N) is 1. The zero-order valence-electron chi connectivity index (χ0n) is 11.8. The molecule has 0 aromatic rings. The van der Waals surface area contributed by atoms with Crippen LogP contribution in [0.15, 0.2) is 0 Å². The number of ether oxygens (including phenoxy) is 2. The van der Waals surface area contributed by atoms with Gasteiger partial charge in [0.05, 0.1) is 12.6 Å². The van der Waals surface area contributed by atoms with Crippen molar-refractivity contribution in [1.29, 1.82) is 0 Å². The van der Waals surface area contributed by atoms with Crippen LogP contribution in [0.25, 0.3) is 0 Å². The van der Waals surface area contributed by atoms with Crippen molar-refractivity contribution in [3.8, 4) is 0 Å². The Labute approximate surface area is 113 Å². The zero-order chi connectivity index (χ0) is 14.0. The van der Waals surface area contributed by atoms with Crippen molar-refractivity contribution in [2.75, 3.05) is 13.1 Å². The lowest BCUT2D eigenvalue weighted by Gasteiger charge is -2.38. The van der Waals surface area contributed by atoms with Crippen molar-refractivity contribution < 1.29 is 19.1 Å². The van der Waals surface area contributed by atoms with E-state index in [-0.39, 0.29) is 18.2 Å². The molecule has 2 heterocycles. The number of carbonyl (C=O) groups is 2. The van der Waals surface area contributed by atoms with E-state index in [9.17, 15) is 9.59 Å². The minimum atomic E-state index is -0.510. The first kappa shape index (κ1) is 14.0. The van der Waals surface area contributed by atoms with Crippen LogP contribution in [0.4, 0.5) is 9.59 Å². The van der Waals surface area contributed by atoms with Crippen molar-refractivity contribution in [3.63, 3.8) is 0 Å². The molecule has 1 N–H and O–H groups in total. The fourth-order valence-corrected chi connectivity index (χ4v) is 2.51. The predicted octanol–water partition coefficient (Wildman–Crippen LogP) is 1.88. The van der Waals surface area contributed by atoms with Gasteiger partial charge in [-0.15, -0.1) is 0 Å². The van der Waals surface area contributed by atoms with E-state index in [1.54, 1.807) is 4.90 Å². The van der Waals surface area contributed by atoms with Gasteiger partial charge in [-0.05, 0) is 40.0 Å². The van der Waals surface area contributed by atoms with Crippen LogP contribution in [0.3, 0.4) is 0 Å². The third-order valence-electron chi connectivity index (χ3n) is 3.31. The van der Waals surface area contributed by atoms with Crippen LogP contribution >= 0.6 is 0 Å². The minimum Gasteiger partial charge on any atom is -0.444 e. The van der Waals surface area contributed by atoms with Crippen molar-refractivity contribution >= 4 is 12.2 Å². The Balaban J connectivity index is 2.03. The third-order valence-corrected chi connectivity index (χ3v) is 3.31. The maximum atomic E-state index is 12.2. The first-order valence-electron chi connectivity index (χ1n) is 6.81. The van der Waals surface area contributed by atoms with Crippen molar-refractivity contribution in [1.82, 2.24) is 10.2 Å². The zero-order valence-corrected chi connectivity index (χ0v) is 11.8. The lowest BCUT2D eigenvalue weighted by atomic mass is 9.98. The molecule has 0 radical (unpaired) electrons. The van der Waals surface area contributed by atoms with Gasteiger partial charge in [0.15, 0.2) is 0 Å². The molecular weight excluding hydrogens is 248 g/mol. The molecule has 6 heteroatoms. The van der Waals surface area contributed by atoms with Gasteiger partial charge in [-0.3, -0.25) is 0 Å². The summed E-state index contributed by atoms with van der Waals surface area (Å²) >= 11 is 0. The molecule has 0 aliphatic carbocycles. The van der Waals surface area contributed by atoms with Crippen LogP contribution in [0, 0.1) is 0 Å². The molecule has 2 rings (SSSR count). The Bertz CT molecular complexity index is 364. The van der Waals surface area contributed by atoms with Crippen LogP contribution in [-0.4, -0.2) is 47.9 Å². The van der Waals surface area contributed by atoms with E-state index in [1.807, 2.05) is 20.8 Å². The summed E-state index contributed by atoms with van der Waals surface area (Å²) in [5.74, 6) is 0. The van der Waals surface area contributed by atoms with Crippen LogP contribution in [0.5, 0.6) is 0 Å². The van der Waals surface area contributed by atoms with Crippen LogP contribution in [0.2, 0.25) is 0 Å². The molecule has 108 valence electrons. The molecule has 19 heavy (non-hydrogen) atoms. The van der Waals surface area contributed by atoms with Gasteiger partial charge in [0.25, 0.3) is 0 Å². The number of piperidine rings is 1. The molecule has 2 fully saturated rings. The summed E-state index contributed by atoms with van der Waals surface area (Å²) in [6, 6.07) is -0.0810. The van der Waals surface area contributed by atoms with Crippen molar-refractivity contribution in [2.45, 2.75) is 57.8 Å². The summed E-state index contributed by atoms with van der Waals surface area (Å²) in [4.78, 5) is 25.0. The Hall–Kier alpha value is -1.46. The third kappa shape index (κ3) is 3.52. The number of hydrogen-bond donors (Lipinski definition) is 1. The second-order valence-electron chi connectivity index (χ2n) is 6.06. The smallest absolute Gasteiger partial charge is 0.410 e. The summed E-state index contributed by atoms with van der Waals surface area (Å²) in [6.07, 6.45) is 1.86. The van der Waals surface area contributed by atoms with E-state index in [4.69, 9.17) is 9.47 Å². The Morgan fingerprint density at radius 3 is 2.74 bits per heavy atom. The Morgan fingerprint density at radius 2 is 2.16 bits per heavy atom. The van der Waals surface area contributed by atoms with E-state index in [0.717, 1.165) is 19.3 Å². The lowest BCUT2D eigenvalue weighted by molar-refractivity contribution is -0.0110. The van der Waals surface area contributed by atoms with Gasteiger partial charge in [0.2, 0.25) is 0 Å². The largest absolute Gasteiger partial charge is 0.444 e. The van der Waals surface area contributed by atoms with Crippen molar-refractivity contribution in [3.05, 3.63) is 0 Å². The first-order valence-corrected chi connectivity index (χ1v) is 6.81. The first-order chi connectivity index (χ1) is 8.87. The van der Waals surface area contributed by atoms with E-state index in [2.05, 4.69) is 5.32 Å². The summed E-state index contributed by atoms with van der Waals surface area (Å²) in [7, 11) is 0. The summed E-state index contributed by atoms with van der Waals surface area (Å²) in [5.41, 5.74) is -0.510. The van der Waals surface area contributed by atoms with Crippen LogP contribution < -0.4 is 5.32 Å². The summed E-state index contributed by atoms with van der Waals surface area (Å²) in [5, 5.41) is 2.63. The number of amides is 2. The molecule has 0 aromatic heterocycles. The second kappa shape index (κ2) is 5.27. The molecular formula is C13H22N2O4. The molecule has 2 unspecified atom stereocenters. The number of hydrogen-bond acceptors (Lipinski definition) is 4. The highest BCUT2D eigenvalue weighted by Gasteiger charge is 2.39. The molecule has 0 saturated carbocycles. The number of alkyl carbamates (subject to hydrolysis) is 1. The molecule has 0 bridgehead atoms. The van der Waals surface area contributed by atoms with Gasteiger partial charge in [0, 0.05) is 6.54 Å². The Kier molecular flexibility index (Phi) is 3.87. The molecule has 2 atom stereocenters. The fraction of sp³-hybridized carbons (Fsp3) is 0.846. The van der Waals surface area contributed by atoms with Crippen molar-refractivity contribution in [2.24, 2.45) is 0 Å². The van der Waals surface area contributed by atoms with Gasteiger partial charge in [0.1, 0.15) is 11.7 Å². The average molecular weight is 270 g/mol. The summed E-state index contributed by atoms with van der Waals surface area (Å²) in [6.45, 7) is 6.67. The Morgan fingerprint density at radius 1 is 1.42 bits per heavy atom. The number of likely N-dealkylation sites (tertiary alicyclic amines) is 1. The second-order valence-corrected chi connectivity index (χ2v) is 6.06. The maximum absolute atomic E-state index is 12.2. The molecule has 2 amide bonds. The fourth-order valence-electron chi connectivity index (χ4n) is 2.51. The lowest BCUT2D eigenvalue weighted by Crippen LogP contribution is -2.52. The number of carbonyl (C=O) groups excluding carboxylic acids is 2. The summed E-state index contributed by atoms with van der Waals surface area (Å²) < 4.78 is 10.6. The standard InChI is InChI=1S/C13H22N2O4/c1-13(2,3)19-12(17)15-7-5-4-6-9(15)10-8-14-11(16)18-10/h9-10H,4-8H2,1-3H3,(H,14,16). The van der Waals surface area contributed by atoms with Crippen LogP contribution in [-0.2, 0) is 9.47 Å². The highest BCUT2D eigenvalue weighted by Crippen LogP contribution is 2.25. The SMILES string of the molecule is CC(C)(C)OC(=O)N1CCCCC1C1CNC(=O)O1. The maximum Gasteiger partial charge on any atom is 0.410 e. The number of nitrogens with one attached hydrogen (secondary N) is 1. The van der Waals surface area contributed by atoms with E-state index in [1.165, 1.54) is 0 Å². The highest BCUT2D eigenvalue weighted by atomic mass is 16.6. The highest BCUT2D eigenvalue weighted by molar-refractivity contribution is 5.71. The predicted molar refractivity (Wildman–Crippen MR) is 68.9 cm³/mol. The van der Waals surface area contributed by atoms with Gasteiger partial charge in [-0.1, -0.05) is 0 Å². The number of cyclic esters (lactones) is 1. The molecule has 6 nitrogen and oxygen atoms in total. The van der Waals surface area contributed by atoms with E-state index >= 15 is 0 Å². The monoisotopic (exact) mass is 270 g/mol. The number of rotatable bonds is 1. The van der Waals surface area contributed by atoms with Gasteiger partial charge < -0.3 is 19.7 Å². The van der Waals surface area contributed by atoms with Crippen LogP contribution in [0.1, 0.15) is 40.0 Å². The van der Waals surface area contributed by atoms with E-state index < -0.39 is 11.7 Å². The molecule has 2 aliphatic rings.